The third-order valence-electron chi connectivity index (χ3n) is 5.46. The van der Waals surface area contributed by atoms with E-state index in [9.17, 15) is 0 Å². The number of ether oxygens (including phenoxy) is 1. The van der Waals surface area contributed by atoms with Crippen LogP contribution in [0.4, 0.5) is 5.69 Å². The third-order valence-corrected chi connectivity index (χ3v) is 5.46. The number of carbonyl (C=O) groups is 1. The van der Waals surface area contributed by atoms with Crippen LogP contribution >= 0.6 is 0 Å². The number of benzene rings is 2. The molecule has 1 amide bonds. The Morgan fingerprint density at radius 3 is 2.23 bits per heavy atom. The lowest BCUT2D eigenvalue weighted by molar-refractivity contribution is -0.109. The zero-order valence-electron chi connectivity index (χ0n) is 18.6. The highest BCUT2D eigenvalue weighted by atomic mass is 16.7. The summed E-state index contributed by atoms with van der Waals surface area (Å²) in [6.07, 6.45) is 0.403. The second kappa shape index (κ2) is 9.97. The van der Waals surface area contributed by atoms with E-state index >= 15 is 0 Å². The van der Waals surface area contributed by atoms with Gasteiger partial charge in [0.2, 0.25) is 6.41 Å². The van der Waals surface area contributed by atoms with Crippen molar-refractivity contribution in [3.05, 3.63) is 53.6 Å². The van der Waals surface area contributed by atoms with Crippen molar-refractivity contribution in [2.24, 2.45) is 5.84 Å². The van der Waals surface area contributed by atoms with Gasteiger partial charge in [0.25, 0.3) is 0 Å². The highest BCUT2D eigenvalue weighted by molar-refractivity contribution is 6.62. The standard InChI is InChI=1S/C21H28BNO3.CH4N2O/c1-15-13-17(22-25-20(2,3)21(4,5)26-22)11-12-19(15)24-14-16-9-7-8-10-18(16)23-6;2-3-1-4/h7-13,23H,14H2,1-6H3;1H,2H2,(H,3,4). The van der Waals surface area contributed by atoms with E-state index in [1.165, 1.54) is 0 Å². The molecule has 0 aromatic heterocycles. The fourth-order valence-corrected chi connectivity index (χ4v) is 3.01. The molecule has 0 atom stereocenters. The summed E-state index contributed by atoms with van der Waals surface area (Å²) in [5.41, 5.74) is 5.38. The number of anilines is 1. The molecular formula is C22H32BN3O4. The maximum absolute atomic E-state index is 8.94. The molecule has 4 N–H and O–H groups in total. The Morgan fingerprint density at radius 1 is 1.10 bits per heavy atom. The quantitative estimate of drug-likeness (QED) is 0.222. The van der Waals surface area contributed by atoms with Crippen molar-refractivity contribution in [3.63, 3.8) is 0 Å². The first kappa shape index (κ1) is 23.7. The number of para-hydroxylation sites is 1. The molecule has 0 saturated carbocycles. The monoisotopic (exact) mass is 413 g/mol. The minimum atomic E-state index is -0.349. The van der Waals surface area contributed by atoms with Gasteiger partial charge in [0.1, 0.15) is 12.4 Å². The van der Waals surface area contributed by atoms with Gasteiger partial charge in [0.05, 0.1) is 11.2 Å². The van der Waals surface area contributed by atoms with E-state index in [-0.39, 0.29) is 18.3 Å². The van der Waals surface area contributed by atoms with E-state index in [4.69, 9.17) is 18.8 Å². The molecule has 0 unspecified atom stereocenters. The predicted molar refractivity (Wildman–Crippen MR) is 121 cm³/mol. The summed E-state index contributed by atoms with van der Waals surface area (Å²) in [5.74, 6) is 5.28. The van der Waals surface area contributed by atoms with Crippen molar-refractivity contribution in [3.8, 4) is 5.75 Å². The molecule has 1 aliphatic rings. The van der Waals surface area contributed by atoms with E-state index in [1.807, 2.05) is 44.3 Å². The van der Waals surface area contributed by atoms with Gasteiger partial charge in [-0.25, -0.2) is 5.84 Å². The zero-order chi connectivity index (χ0) is 22.4. The molecule has 1 aliphatic heterocycles. The number of hydrazine groups is 1. The molecule has 1 saturated heterocycles. The van der Waals surface area contributed by atoms with E-state index < -0.39 is 0 Å². The highest BCUT2D eigenvalue weighted by Crippen LogP contribution is 2.36. The number of carbonyl (C=O) groups excluding carboxylic acids is 1. The van der Waals surface area contributed by atoms with Crippen LogP contribution in [-0.2, 0) is 20.7 Å². The van der Waals surface area contributed by atoms with Gasteiger partial charge >= 0.3 is 7.12 Å². The summed E-state index contributed by atoms with van der Waals surface area (Å²) in [6.45, 7) is 10.8. The number of nitrogens with two attached hydrogens (primary N) is 1. The van der Waals surface area contributed by atoms with Crippen molar-refractivity contribution >= 4 is 24.7 Å². The van der Waals surface area contributed by atoms with Gasteiger partial charge in [0.15, 0.2) is 0 Å². The van der Waals surface area contributed by atoms with Crippen molar-refractivity contribution in [2.45, 2.75) is 52.4 Å². The second-order valence-electron chi connectivity index (χ2n) is 8.09. The predicted octanol–water partition coefficient (Wildman–Crippen LogP) is 2.52. The average molecular weight is 413 g/mol. The average Bonchev–Trinajstić information content (AvgIpc) is 2.94. The van der Waals surface area contributed by atoms with Gasteiger partial charge in [-0.05, 0) is 57.8 Å². The molecule has 0 bridgehead atoms. The van der Waals surface area contributed by atoms with Crippen LogP contribution in [0.2, 0.25) is 0 Å². The maximum Gasteiger partial charge on any atom is 0.494 e. The van der Waals surface area contributed by atoms with Gasteiger partial charge in [-0.15, -0.1) is 0 Å². The number of aryl methyl sites for hydroxylation is 1. The molecule has 7 nitrogen and oxygen atoms in total. The molecule has 0 spiro atoms. The summed E-state index contributed by atoms with van der Waals surface area (Å²) in [5, 5.41) is 3.19. The van der Waals surface area contributed by atoms with Crippen LogP contribution < -0.4 is 26.8 Å². The summed E-state index contributed by atoms with van der Waals surface area (Å²) in [6, 6.07) is 14.3. The molecule has 162 valence electrons. The van der Waals surface area contributed by atoms with Crippen LogP contribution in [0.25, 0.3) is 0 Å². The van der Waals surface area contributed by atoms with Gasteiger partial charge in [0, 0.05) is 18.3 Å². The first-order valence-corrected chi connectivity index (χ1v) is 9.89. The molecule has 1 heterocycles. The number of amides is 1. The van der Waals surface area contributed by atoms with E-state index in [0.29, 0.717) is 13.0 Å². The SMILES string of the molecule is CNc1ccccc1COc1ccc(B2OC(C)(C)C(C)(C)O2)cc1C.NNC=O. The van der Waals surface area contributed by atoms with Gasteiger partial charge in [-0.3, -0.25) is 10.2 Å². The van der Waals surface area contributed by atoms with Crippen molar-refractivity contribution < 1.29 is 18.8 Å². The Balaban J connectivity index is 0.000000735. The van der Waals surface area contributed by atoms with Crippen LogP contribution in [0.5, 0.6) is 5.75 Å². The van der Waals surface area contributed by atoms with Crippen molar-refractivity contribution in [2.75, 3.05) is 12.4 Å². The Labute approximate surface area is 179 Å². The Kier molecular flexibility index (Phi) is 7.89. The normalized spacial score (nSPS) is 16.3. The molecule has 8 heteroatoms. The smallest absolute Gasteiger partial charge is 0.489 e. The van der Waals surface area contributed by atoms with E-state index in [2.05, 4.69) is 51.0 Å². The molecule has 0 radical (unpaired) electrons. The topological polar surface area (TPSA) is 94.8 Å². The minimum Gasteiger partial charge on any atom is -0.489 e. The first-order valence-electron chi connectivity index (χ1n) is 9.89. The Hall–Kier alpha value is -2.55. The van der Waals surface area contributed by atoms with E-state index in [0.717, 1.165) is 28.0 Å². The summed E-state index contributed by atoms with van der Waals surface area (Å²) in [7, 11) is 1.57. The lowest BCUT2D eigenvalue weighted by Crippen LogP contribution is -2.41. The second-order valence-corrected chi connectivity index (χ2v) is 8.09. The van der Waals surface area contributed by atoms with Gasteiger partial charge < -0.3 is 19.4 Å². The minimum absolute atomic E-state index is 0.336. The number of nitrogens with one attached hydrogen (secondary N) is 2. The molecule has 1 fully saturated rings. The number of rotatable bonds is 6. The lowest BCUT2D eigenvalue weighted by atomic mass is 9.78. The Morgan fingerprint density at radius 2 is 1.70 bits per heavy atom. The number of hydrogen-bond acceptors (Lipinski definition) is 6. The summed E-state index contributed by atoms with van der Waals surface area (Å²) >= 11 is 0. The molecule has 2 aromatic rings. The Bertz CT molecular complexity index is 842. The molecular weight excluding hydrogens is 381 g/mol. The van der Waals surface area contributed by atoms with E-state index in [1.54, 1.807) is 5.43 Å². The molecule has 0 aliphatic carbocycles. The number of hydrogen-bond donors (Lipinski definition) is 3. The molecule has 2 aromatic carbocycles. The summed E-state index contributed by atoms with van der Waals surface area (Å²) < 4.78 is 18.3. The van der Waals surface area contributed by atoms with Crippen LogP contribution in [0.1, 0.15) is 38.8 Å². The van der Waals surface area contributed by atoms with Crippen LogP contribution in [-0.4, -0.2) is 31.8 Å². The lowest BCUT2D eigenvalue weighted by Gasteiger charge is -2.32. The maximum atomic E-state index is 8.94. The molecule has 3 rings (SSSR count). The van der Waals surface area contributed by atoms with Crippen molar-refractivity contribution in [1.29, 1.82) is 0 Å². The van der Waals surface area contributed by atoms with Crippen LogP contribution in [0.3, 0.4) is 0 Å². The van der Waals surface area contributed by atoms with Gasteiger partial charge in [-0.1, -0.05) is 30.3 Å². The van der Waals surface area contributed by atoms with Crippen molar-refractivity contribution in [1.82, 2.24) is 5.43 Å². The largest absolute Gasteiger partial charge is 0.494 e. The van der Waals surface area contributed by atoms with Crippen LogP contribution in [0.15, 0.2) is 42.5 Å². The third kappa shape index (κ3) is 5.53. The fourth-order valence-electron chi connectivity index (χ4n) is 3.01. The first-order chi connectivity index (χ1) is 14.1. The summed E-state index contributed by atoms with van der Waals surface area (Å²) in [4.78, 5) is 8.94. The highest BCUT2D eigenvalue weighted by Gasteiger charge is 2.51. The van der Waals surface area contributed by atoms with Gasteiger partial charge in [-0.2, -0.15) is 0 Å². The zero-order valence-corrected chi connectivity index (χ0v) is 18.6. The van der Waals surface area contributed by atoms with Crippen LogP contribution in [0, 0.1) is 6.92 Å². The fraction of sp³-hybridized carbons (Fsp3) is 0.409. The molecule has 30 heavy (non-hydrogen) atoms.